The molecular weight excluding hydrogens is 317 g/mol. The van der Waals surface area contributed by atoms with Crippen molar-refractivity contribution in [2.24, 2.45) is 10.7 Å². The zero-order valence-electron chi connectivity index (χ0n) is 13.7. The minimum Gasteiger partial charge on any atom is -0.369 e. The van der Waals surface area contributed by atoms with Crippen molar-refractivity contribution in [3.63, 3.8) is 0 Å². The Morgan fingerprint density at radius 1 is 1.24 bits per heavy atom. The molecule has 1 amide bonds. The number of allylic oxidation sites excluding steroid dienone is 1. The van der Waals surface area contributed by atoms with Crippen LogP contribution in [0.2, 0.25) is 0 Å². The SMILES string of the molecule is C=CC#Cc1cc(C2(c3ccccc3)N=C(N)N(C)C2=O)ccc1F. The lowest BCUT2D eigenvalue weighted by Crippen LogP contribution is -2.41. The van der Waals surface area contributed by atoms with Crippen LogP contribution in [0.4, 0.5) is 4.39 Å². The molecule has 2 aromatic carbocycles. The van der Waals surface area contributed by atoms with Gasteiger partial charge in [0.05, 0.1) is 5.56 Å². The maximum absolute atomic E-state index is 14.1. The largest absolute Gasteiger partial charge is 0.369 e. The molecular formula is C20H16FN3O. The van der Waals surface area contributed by atoms with E-state index in [1.54, 1.807) is 19.2 Å². The number of amides is 1. The third-order valence-electron chi connectivity index (χ3n) is 4.12. The molecule has 5 heteroatoms. The first-order valence-electron chi connectivity index (χ1n) is 7.62. The lowest BCUT2D eigenvalue weighted by atomic mass is 9.82. The zero-order valence-corrected chi connectivity index (χ0v) is 13.7. The number of benzene rings is 2. The van der Waals surface area contributed by atoms with E-state index in [2.05, 4.69) is 23.4 Å². The van der Waals surface area contributed by atoms with Crippen LogP contribution in [0.25, 0.3) is 0 Å². The van der Waals surface area contributed by atoms with Gasteiger partial charge in [-0.05, 0) is 29.3 Å². The number of guanidine groups is 1. The van der Waals surface area contributed by atoms with Gasteiger partial charge < -0.3 is 5.73 Å². The topological polar surface area (TPSA) is 58.7 Å². The number of hydrogen-bond acceptors (Lipinski definition) is 3. The second-order valence-electron chi connectivity index (χ2n) is 5.58. The number of halogens is 1. The van der Waals surface area contributed by atoms with Crippen molar-refractivity contribution in [1.29, 1.82) is 0 Å². The van der Waals surface area contributed by atoms with Gasteiger partial charge >= 0.3 is 0 Å². The minimum atomic E-state index is -1.35. The summed E-state index contributed by atoms with van der Waals surface area (Å²) >= 11 is 0. The van der Waals surface area contributed by atoms with E-state index in [4.69, 9.17) is 5.73 Å². The Kier molecular flexibility index (Phi) is 4.12. The lowest BCUT2D eigenvalue weighted by molar-refractivity contribution is -0.129. The van der Waals surface area contributed by atoms with Crippen LogP contribution in [0.15, 0.2) is 66.2 Å². The Labute approximate surface area is 145 Å². The smallest absolute Gasteiger partial charge is 0.266 e. The molecule has 124 valence electrons. The number of carbonyl (C=O) groups excluding carboxylic acids is 1. The van der Waals surface area contributed by atoms with Gasteiger partial charge in [0, 0.05) is 7.05 Å². The first kappa shape index (κ1) is 16.5. The predicted octanol–water partition coefficient (Wildman–Crippen LogP) is 2.39. The van der Waals surface area contributed by atoms with E-state index >= 15 is 0 Å². The van der Waals surface area contributed by atoms with E-state index in [1.165, 1.54) is 29.2 Å². The first-order valence-corrected chi connectivity index (χ1v) is 7.62. The molecule has 4 nitrogen and oxygen atoms in total. The summed E-state index contributed by atoms with van der Waals surface area (Å²) in [7, 11) is 1.56. The van der Waals surface area contributed by atoms with E-state index < -0.39 is 11.4 Å². The molecule has 3 rings (SSSR count). The van der Waals surface area contributed by atoms with Crippen molar-refractivity contribution in [3.05, 3.63) is 83.7 Å². The van der Waals surface area contributed by atoms with Crippen LogP contribution in [-0.4, -0.2) is 23.8 Å². The molecule has 1 aliphatic rings. The fourth-order valence-electron chi connectivity index (χ4n) is 2.84. The average molecular weight is 333 g/mol. The van der Waals surface area contributed by atoms with Crippen LogP contribution in [0.1, 0.15) is 16.7 Å². The Morgan fingerprint density at radius 3 is 2.56 bits per heavy atom. The highest BCUT2D eigenvalue weighted by molar-refractivity contribution is 6.08. The van der Waals surface area contributed by atoms with Gasteiger partial charge in [-0.1, -0.05) is 54.8 Å². The molecule has 0 radical (unpaired) electrons. The van der Waals surface area contributed by atoms with Gasteiger partial charge in [-0.15, -0.1) is 0 Å². The van der Waals surface area contributed by atoms with E-state index in [0.717, 1.165) is 0 Å². The number of nitrogens with zero attached hydrogens (tertiary/aromatic N) is 2. The molecule has 1 unspecified atom stereocenters. The molecule has 0 spiro atoms. The van der Waals surface area contributed by atoms with Crippen LogP contribution in [0.5, 0.6) is 0 Å². The average Bonchev–Trinajstić information content (AvgIpc) is 2.87. The summed E-state index contributed by atoms with van der Waals surface area (Å²) in [6.07, 6.45) is 1.38. The Morgan fingerprint density at radius 2 is 1.96 bits per heavy atom. The van der Waals surface area contributed by atoms with Crippen molar-refractivity contribution in [2.75, 3.05) is 7.05 Å². The Bertz CT molecular complexity index is 940. The molecule has 0 saturated carbocycles. The first-order chi connectivity index (χ1) is 12.0. The van der Waals surface area contributed by atoms with Gasteiger partial charge in [0.25, 0.3) is 5.91 Å². The normalized spacial score (nSPS) is 19.2. The highest BCUT2D eigenvalue weighted by Crippen LogP contribution is 2.39. The van der Waals surface area contributed by atoms with Crippen LogP contribution in [0, 0.1) is 17.7 Å². The standard InChI is InChI=1S/C20H16FN3O/c1-3-4-8-14-13-16(11-12-17(14)21)20(15-9-6-5-7-10-15)18(25)24(2)19(22)23-20/h3,5-7,9-13H,1H2,2H3,(H2,22,23). The van der Waals surface area contributed by atoms with Gasteiger partial charge in [-0.25, -0.2) is 9.38 Å². The number of carbonyl (C=O) groups is 1. The van der Waals surface area contributed by atoms with Gasteiger partial charge in [-0.2, -0.15) is 0 Å². The fourth-order valence-corrected chi connectivity index (χ4v) is 2.84. The maximum Gasteiger partial charge on any atom is 0.266 e. The molecule has 2 aromatic rings. The molecule has 0 fully saturated rings. The third kappa shape index (κ3) is 2.58. The number of likely N-dealkylation sites (N-methyl/N-ethyl adjacent to an activating group) is 1. The lowest BCUT2D eigenvalue weighted by Gasteiger charge is -2.26. The summed E-state index contributed by atoms with van der Waals surface area (Å²) in [5.74, 6) is 4.64. The summed E-state index contributed by atoms with van der Waals surface area (Å²) in [6.45, 7) is 3.50. The summed E-state index contributed by atoms with van der Waals surface area (Å²) in [5, 5.41) is 0. The van der Waals surface area contributed by atoms with Gasteiger partial charge in [0.15, 0.2) is 11.5 Å². The second kappa shape index (κ2) is 6.25. The monoisotopic (exact) mass is 333 g/mol. The summed E-state index contributed by atoms with van der Waals surface area (Å²) in [6, 6.07) is 13.4. The van der Waals surface area contributed by atoms with Crippen LogP contribution >= 0.6 is 0 Å². The molecule has 1 aliphatic heterocycles. The van der Waals surface area contributed by atoms with E-state index in [-0.39, 0.29) is 17.4 Å². The summed E-state index contributed by atoms with van der Waals surface area (Å²) in [5.41, 5.74) is 5.89. The van der Waals surface area contributed by atoms with Crippen LogP contribution in [0.3, 0.4) is 0 Å². The summed E-state index contributed by atoms with van der Waals surface area (Å²) < 4.78 is 14.1. The molecule has 1 atom stereocenters. The van der Waals surface area contributed by atoms with Gasteiger partial charge in [0.1, 0.15) is 5.82 Å². The molecule has 25 heavy (non-hydrogen) atoms. The number of hydrogen-bond donors (Lipinski definition) is 1. The van der Waals surface area contributed by atoms with Crippen molar-refractivity contribution in [2.45, 2.75) is 5.54 Å². The fraction of sp³-hybridized carbons (Fsp3) is 0.100. The molecule has 0 saturated heterocycles. The predicted molar refractivity (Wildman–Crippen MR) is 95.1 cm³/mol. The highest BCUT2D eigenvalue weighted by atomic mass is 19.1. The molecule has 0 aliphatic carbocycles. The van der Waals surface area contributed by atoms with E-state index in [1.807, 2.05) is 18.2 Å². The third-order valence-corrected chi connectivity index (χ3v) is 4.12. The van der Waals surface area contributed by atoms with Crippen molar-refractivity contribution < 1.29 is 9.18 Å². The summed E-state index contributed by atoms with van der Waals surface area (Å²) in [4.78, 5) is 18.8. The maximum atomic E-state index is 14.1. The van der Waals surface area contributed by atoms with Gasteiger partial charge in [0.2, 0.25) is 0 Å². The van der Waals surface area contributed by atoms with Gasteiger partial charge in [-0.3, -0.25) is 9.69 Å². The van der Waals surface area contributed by atoms with Crippen molar-refractivity contribution in [3.8, 4) is 11.8 Å². The highest BCUT2D eigenvalue weighted by Gasteiger charge is 2.49. The van der Waals surface area contributed by atoms with Crippen molar-refractivity contribution >= 4 is 11.9 Å². The molecule has 2 N–H and O–H groups in total. The van der Waals surface area contributed by atoms with Crippen LogP contribution < -0.4 is 5.73 Å². The van der Waals surface area contributed by atoms with E-state index in [0.29, 0.717) is 11.1 Å². The minimum absolute atomic E-state index is 0.108. The Hall–Kier alpha value is -3.39. The Balaban J connectivity index is 2.28. The number of aliphatic imine (C=N–C) groups is 1. The quantitative estimate of drug-likeness (QED) is 0.858. The molecule has 0 aromatic heterocycles. The van der Waals surface area contributed by atoms with Crippen molar-refractivity contribution in [1.82, 2.24) is 4.90 Å². The molecule has 0 bridgehead atoms. The second-order valence-corrected chi connectivity index (χ2v) is 5.58. The number of rotatable bonds is 2. The number of nitrogens with two attached hydrogens (primary N) is 1. The molecule has 1 heterocycles. The zero-order chi connectivity index (χ0) is 18.0. The van der Waals surface area contributed by atoms with Crippen LogP contribution in [-0.2, 0) is 10.3 Å². The van der Waals surface area contributed by atoms with E-state index in [9.17, 15) is 9.18 Å².